The molecule has 2 aromatic heterocycles. The second-order valence-electron chi connectivity index (χ2n) is 6.54. The Hall–Kier alpha value is -2.28. The molecule has 4 rings (SSSR count). The molecule has 6 heteroatoms. The number of nitrogens with zero attached hydrogens (tertiary/aromatic N) is 1. The van der Waals surface area contributed by atoms with Crippen molar-refractivity contribution in [1.29, 1.82) is 0 Å². The minimum atomic E-state index is -0.122. The van der Waals surface area contributed by atoms with Crippen molar-refractivity contribution in [2.75, 3.05) is 5.32 Å². The van der Waals surface area contributed by atoms with Crippen LogP contribution in [-0.2, 0) is 6.42 Å². The third-order valence-electron chi connectivity index (χ3n) is 4.46. The maximum Gasteiger partial charge on any atom is 0.267 e. The Balaban J connectivity index is 1.60. The minimum absolute atomic E-state index is 0.122. The second-order valence-corrected chi connectivity index (χ2v) is 10.1. The van der Waals surface area contributed by atoms with Gasteiger partial charge in [-0.15, -0.1) is 22.7 Å². The summed E-state index contributed by atoms with van der Waals surface area (Å²) in [5.41, 5.74) is 4.41. The van der Waals surface area contributed by atoms with Gasteiger partial charge in [0, 0.05) is 10.4 Å². The van der Waals surface area contributed by atoms with E-state index in [9.17, 15) is 4.79 Å². The first kappa shape index (κ1) is 20.0. The number of hydrogen-bond donors (Lipinski definition) is 1. The van der Waals surface area contributed by atoms with Crippen LogP contribution in [0.3, 0.4) is 0 Å². The molecule has 0 saturated carbocycles. The average molecular weight is 483 g/mol. The summed E-state index contributed by atoms with van der Waals surface area (Å²) in [7, 11) is 0. The summed E-state index contributed by atoms with van der Waals surface area (Å²) in [6.07, 6.45) is 1.97. The smallest absolute Gasteiger partial charge is 0.267 e. The lowest BCUT2D eigenvalue weighted by Crippen LogP contribution is -2.09. The fourth-order valence-electron chi connectivity index (χ4n) is 3.07. The van der Waals surface area contributed by atoms with Crippen LogP contribution in [-0.4, -0.2) is 10.9 Å². The SMILES string of the molecule is CCCc1sc(NC(=O)c2ccc(Br)s2)nc1-c1ccc(-c2ccccc2)cc1. The largest absolute Gasteiger partial charge is 0.297 e. The van der Waals surface area contributed by atoms with Gasteiger partial charge < -0.3 is 0 Å². The predicted molar refractivity (Wildman–Crippen MR) is 127 cm³/mol. The van der Waals surface area contributed by atoms with E-state index >= 15 is 0 Å². The molecule has 2 aromatic carbocycles. The van der Waals surface area contributed by atoms with Gasteiger partial charge in [0.15, 0.2) is 5.13 Å². The van der Waals surface area contributed by atoms with E-state index in [4.69, 9.17) is 4.98 Å². The van der Waals surface area contributed by atoms with Crippen LogP contribution in [0.4, 0.5) is 5.13 Å². The lowest BCUT2D eigenvalue weighted by Gasteiger charge is -2.04. The predicted octanol–water partition coefficient (Wildman–Crippen LogP) is 7.51. The highest BCUT2D eigenvalue weighted by atomic mass is 79.9. The van der Waals surface area contributed by atoms with Gasteiger partial charge in [-0.1, -0.05) is 67.9 Å². The zero-order valence-corrected chi connectivity index (χ0v) is 19.0. The number of rotatable bonds is 6. The number of benzene rings is 2. The van der Waals surface area contributed by atoms with E-state index in [1.807, 2.05) is 30.3 Å². The van der Waals surface area contributed by atoms with Crippen molar-refractivity contribution in [1.82, 2.24) is 4.98 Å². The first-order chi connectivity index (χ1) is 14.1. The van der Waals surface area contributed by atoms with Crippen molar-refractivity contribution in [3.05, 3.63) is 80.3 Å². The summed E-state index contributed by atoms with van der Waals surface area (Å²) in [5.74, 6) is -0.122. The highest BCUT2D eigenvalue weighted by molar-refractivity contribution is 9.11. The van der Waals surface area contributed by atoms with Gasteiger partial charge in [0.05, 0.1) is 14.4 Å². The number of amides is 1. The van der Waals surface area contributed by atoms with Crippen LogP contribution in [0.2, 0.25) is 0 Å². The van der Waals surface area contributed by atoms with Crippen LogP contribution in [0.25, 0.3) is 22.4 Å². The van der Waals surface area contributed by atoms with Gasteiger partial charge in [-0.05, 0) is 45.6 Å². The zero-order valence-electron chi connectivity index (χ0n) is 15.8. The first-order valence-corrected chi connectivity index (χ1v) is 11.8. The Bertz CT molecular complexity index is 1120. The number of nitrogens with one attached hydrogen (secondary N) is 1. The molecule has 3 nitrogen and oxygen atoms in total. The molecule has 2 heterocycles. The molecule has 0 atom stereocenters. The molecule has 146 valence electrons. The lowest BCUT2D eigenvalue weighted by molar-refractivity contribution is 0.103. The number of aryl methyl sites for hydroxylation is 1. The molecule has 1 amide bonds. The molecule has 0 radical (unpaired) electrons. The topological polar surface area (TPSA) is 42.0 Å². The molecule has 0 fully saturated rings. The molecule has 1 N–H and O–H groups in total. The number of carbonyl (C=O) groups excluding carboxylic acids is 1. The van der Waals surface area contributed by atoms with Crippen molar-refractivity contribution in [3.63, 3.8) is 0 Å². The summed E-state index contributed by atoms with van der Waals surface area (Å²) in [6.45, 7) is 2.16. The summed E-state index contributed by atoms with van der Waals surface area (Å²) in [4.78, 5) is 19.1. The van der Waals surface area contributed by atoms with E-state index in [2.05, 4.69) is 64.6 Å². The monoisotopic (exact) mass is 482 g/mol. The van der Waals surface area contributed by atoms with Crippen LogP contribution in [0.1, 0.15) is 27.9 Å². The Morgan fingerprint density at radius 1 is 0.931 bits per heavy atom. The van der Waals surface area contributed by atoms with Crippen LogP contribution in [0.5, 0.6) is 0 Å². The second kappa shape index (κ2) is 9.03. The summed E-state index contributed by atoms with van der Waals surface area (Å²) in [5, 5.41) is 3.60. The molecule has 0 saturated heterocycles. The van der Waals surface area contributed by atoms with Crippen LogP contribution < -0.4 is 5.32 Å². The maximum atomic E-state index is 12.5. The molecule has 0 aliphatic carbocycles. The standard InChI is InChI=1S/C23H19BrN2OS2/c1-2-6-18-21(17-11-9-16(10-12-17)15-7-4-3-5-8-15)25-23(29-18)26-22(27)19-13-14-20(24)28-19/h3-5,7-14H,2,6H2,1H3,(H,25,26,27). The van der Waals surface area contributed by atoms with E-state index < -0.39 is 0 Å². The van der Waals surface area contributed by atoms with Gasteiger partial charge >= 0.3 is 0 Å². The van der Waals surface area contributed by atoms with Crippen LogP contribution in [0, 0.1) is 0 Å². The summed E-state index contributed by atoms with van der Waals surface area (Å²) >= 11 is 6.37. The fraction of sp³-hybridized carbons (Fsp3) is 0.130. The molecule has 4 aromatic rings. The van der Waals surface area contributed by atoms with Crippen molar-refractivity contribution >= 4 is 49.6 Å². The molecular formula is C23H19BrN2OS2. The number of thiophene rings is 1. The normalized spacial score (nSPS) is 10.8. The summed E-state index contributed by atoms with van der Waals surface area (Å²) < 4.78 is 0.938. The van der Waals surface area contributed by atoms with E-state index in [1.54, 1.807) is 11.3 Å². The average Bonchev–Trinajstić information content (AvgIpc) is 3.35. The van der Waals surface area contributed by atoms with E-state index in [0.717, 1.165) is 27.9 Å². The number of carbonyl (C=O) groups is 1. The third kappa shape index (κ3) is 4.66. The quantitative estimate of drug-likeness (QED) is 0.308. The fourth-order valence-corrected chi connectivity index (χ4v) is 5.44. The highest BCUT2D eigenvalue weighted by Crippen LogP contribution is 2.34. The number of hydrogen-bond acceptors (Lipinski definition) is 4. The van der Waals surface area contributed by atoms with Gasteiger partial charge in [0.25, 0.3) is 5.91 Å². The zero-order chi connectivity index (χ0) is 20.2. The number of anilines is 1. The molecule has 0 aliphatic rings. The first-order valence-electron chi connectivity index (χ1n) is 9.36. The molecule has 29 heavy (non-hydrogen) atoms. The highest BCUT2D eigenvalue weighted by Gasteiger charge is 2.16. The maximum absolute atomic E-state index is 12.5. The van der Waals surface area contributed by atoms with E-state index in [-0.39, 0.29) is 5.91 Å². The molecular weight excluding hydrogens is 464 g/mol. The van der Waals surface area contributed by atoms with Gasteiger partial charge in [0.1, 0.15) is 0 Å². The van der Waals surface area contributed by atoms with Gasteiger partial charge in [-0.2, -0.15) is 0 Å². The van der Waals surface area contributed by atoms with Crippen molar-refractivity contribution in [2.45, 2.75) is 19.8 Å². The third-order valence-corrected chi connectivity index (χ3v) is 7.11. The van der Waals surface area contributed by atoms with Crippen LogP contribution in [0.15, 0.2) is 70.5 Å². The number of halogens is 1. The van der Waals surface area contributed by atoms with Crippen molar-refractivity contribution in [3.8, 4) is 22.4 Å². The Morgan fingerprint density at radius 3 is 2.28 bits per heavy atom. The van der Waals surface area contributed by atoms with Crippen molar-refractivity contribution < 1.29 is 4.79 Å². The Labute approximate surface area is 186 Å². The van der Waals surface area contributed by atoms with E-state index in [0.29, 0.717) is 10.0 Å². The minimum Gasteiger partial charge on any atom is -0.297 e. The number of aromatic nitrogens is 1. The molecule has 0 aliphatic heterocycles. The van der Waals surface area contributed by atoms with Crippen LogP contribution >= 0.6 is 38.6 Å². The van der Waals surface area contributed by atoms with Gasteiger partial charge in [-0.3, -0.25) is 10.1 Å². The number of thiazole rings is 1. The van der Waals surface area contributed by atoms with Crippen molar-refractivity contribution in [2.24, 2.45) is 0 Å². The van der Waals surface area contributed by atoms with Gasteiger partial charge in [0.2, 0.25) is 0 Å². The van der Waals surface area contributed by atoms with Gasteiger partial charge in [-0.25, -0.2) is 4.98 Å². The Kier molecular flexibility index (Phi) is 6.23. The summed E-state index contributed by atoms with van der Waals surface area (Å²) in [6, 6.07) is 22.5. The molecule has 0 unspecified atom stereocenters. The molecule has 0 spiro atoms. The lowest BCUT2D eigenvalue weighted by atomic mass is 10.0. The Morgan fingerprint density at radius 2 is 1.62 bits per heavy atom. The molecule has 0 bridgehead atoms. The van der Waals surface area contributed by atoms with E-state index in [1.165, 1.54) is 27.3 Å².